The molecule has 1 N–H and O–H groups in total. The van der Waals surface area contributed by atoms with E-state index >= 15 is 0 Å². The molecule has 0 radical (unpaired) electrons. The van der Waals surface area contributed by atoms with E-state index in [4.69, 9.17) is 0 Å². The SMILES string of the molecule is Cc1cc(C)n(-c2ncc(-c3ccccc3[N-]S(C)(=O)=O)[nH]2)n1. The molecule has 0 saturated heterocycles. The van der Waals surface area contributed by atoms with E-state index < -0.39 is 10.0 Å². The molecule has 0 aliphatic heterocycles. The van der Waals surface area contributed by atoms with E-state index in [1.807, 2.05) is 26.0 Å². The summed E-state index contributed by atoms with van der Waals surface area (Å²) in [6, 6.07) is 8.96. The lowest BCUT2D eigenvalue weighted by molar-refractivity contribution is 0.609. The first-order valence-corrected chi connectivity index (χ1v) is 8.79. The minimum absolute atomic E-state index is 0.374. The number of aromatic nitrogens is 4. The molecule has 1 aromatic carbocycles. The molecule has 3 aromatic rings. The molecule has 0 bridgehead atoms. The second-order valence-electron chi connectivity index (χ2n) is 5.30. The second-order valence-corrected chi connectivity index (χ2v) is 6.95. The van der Waals surface area contributed by atoms with Crippen LogP contribution in [0.5, 0.6) is 0 Å². The van der Waals surface area contributed by atoms with Crippen LogP contribution in [0.1, 0.15) is 11.4 Å². The molecule has 0 saturated carbocycles. The summed E-state index contributed by atoms with van der Waals surface area (Å²) in [7, 11) is -3.48. The number of rotatable bonds is 4. The monoisotopic (exact) mass is 330 g/mol. The topological polar surface area (TPSA) is 94.7 Å². The summed E-state index contributed by atoms with van der Waals surface area (Å²) in [5.74, 6) is 0.569. The smallest absolute Gasteiger partial charge is 0.228 e. The highest BCUT2D eigenvalue weighted by Crippen LogP contribution is 2.33. The number of nitrogens with one attached hydrogen (secondary N) is 1. The van der Waals surface area contributed by atoms with Crippen molar-refractivity contribution in [2.75, 3.05) is 6.26 Å². The Balaban J connectivity index is 2.03. The van der Waals surface area contributed by atoms with Crippen molar-refractivity contribution in [3.63, 3.8) is 0 Å². The predicted octanol–water partition coefficient (Wildman–Crippen LogP) is 2.84. The van der Waals surface area contributed by atoms with Crippen LogP contribution < -0.4 is 0 Å². The second kappa shape index (κ2) is 5.54. The van der Waals surface area contributed by atoms with Crippen molar-refractivity contribution in [1.82, 2.24) is 19.7 Å². The van der Waals surface area contributed by atoms with Crippen LogP contribution >= 0.6 is 0 Å². The van der Waals surface area contributed by atoms with Crippen LogP contribution in [-0.2, 0) is 10.0 Å². The first-order chi connectivity index (χ1) is 10.8. The largest absolute Gasteiger partial charge is 0.577 e. The van der Waals surface area contributed by atoms with Crippen molar-refractivity contribution >= 4 is 15.7 Å². The number of hydrogen-bond acceptors (Lipinski definition) is 4. The number of aromatic amines is 1. The minimum atomic E-state index is -3.48. The van der Waals surface area contributed by atoms with Gasteiger partial charge >= 0.3 is 0 Å². The number of imidazole rings is 1. The zero-order valence-corrected chi connectivity index (χ0v) is 13.8. The average Bonchev–Trinajstić information content (AvgIpc) is 3.04. The summed E-state index contributed by atoms with van der Waals surface area (Å²) < 4.78 is 28.4. The number of H-pyrrole nitrogens is 1. The lowest BCUT2D eigenvalue weighted by Crippen LogP contribution is -2.01. The number of hydrogen-bond donors (Lipinski definition) is 1. The average molecular weight is 330 g/mol. The fraction of sp³-hybridized carbons (Fsp3) is 0.200. The standard InChI is InChI=1S/C15H16N5O2S/c1-10-8-11(2)20(18-10)15-16-9-14(17-15)12-6-4-5-7-13(12)19-23(3,21)22/h4-9H,1-3H3,(H,16,17)/q-1. The van der Waals surface area contributed by atoms with Gasteiger partial charge in [-0.15, -0.1) is 5.69 Å². The van der Waals surface area contributed by atoms with Gasteiger partial charge in [-0.1, -0.05) is 24.3 Å². The van der Waals surface area contributed by atoms with E-state index in [1.54, 1.807) is 29.1 Å². The molecular weight excluding hydrogens is 314 g/mol. The third-order valence-corrected chi connectivity index (χ3v) is 3.76. The Morgan fingerprint density at radius 2 is 1.96 bits per heavy atom. The molecule has 8 heteroatoms. The molecule has 2 aromatic heterocycles. The van der Waals surface area contributed by atoms with E-state index in [0.29, 0.717) is 22.9 Å². The number of aryl methyl sites for hydroxylation is 2. The van der Waals surface area contributed by atoms with E-state index in [2.05, 4.69) is 19.8 Å². The lowest BCUT2D eigenvalue weighted by atomic mass is 10.1. The number of nitrogens with zero attached hydrogens (tertiary/aromatic N) is 4. The van der Waals surface area contributed by atoms with Gasteiger partial charge in [-0.05, 0) is 25.5 Å². The molecular formula is C15H16N5O2S-. The zero-order valence-electron chi connectivity index (χ0n) is 13.0. The highest BCUT2D eigenvalue weighted by molar-refractivity contribution is 7.93. The molecule has 0 fully saturated rings. The first kappa shape index (κ1) is 15.3. The van der Waals surface area contributed by atoms with Crippen LogP contribution in [0, 0.1) is 13.8 Å². The Labute approximate surface area is 134 Å². The molecule has 0 aliphatic carbocycles. The maximum atomic E-state index is 11.5. The van der Waals surface area contributed by atoms with Gasteiger partial charge in [0.05, 0.1) is 27.6 Å². The van der Waals surface area contributed by atoms with Crippen molar-refractivity contribution in [2.24, 2.45) is 0 Å². The van der Waals surface area contributed by atoms with Crippen LogP contribution in [0.3, 0.4) is 0 Å². The van der Waals surface area contributed by atoms with E-state index in [9.17, 15) is 8.42 Å². The summed E-state index contributed by atoms with van der Waals surface area (Å²) in [6.45, 7) is 3.85. The van der Waals surface area contributed by atoms with Crippen LogP contribution in [0.4, 0.5) is 5.69 Å². The van der Waals surface area contributed by atoms with Gasteiger partial charge in [0, 0.05) is 11.9 Å². The summed E-state index contributed by atoms with van der Waals surface area (Å²) in [5, 5.41) is 4.37. The third-order valence-electron chi connectivity index (χ3n) is 3.23. The van der Waals surface area contributed by atoms with E-state index in [-0.39, 0.29) is 0 Å². The minimum Gasteiger partial charge on any atom is -0.577 e. The highest BCUT2D eigenvalue weighted by atomic mass is 32.2. The van der Waals surface area contributed by atoms with Gasteiger partial charge in [0.1, 0.15) is 0 Å². The summed E-state index contributed by atoms with van der Waals surface area (Å²) in [4.78, 5) is 7.49. The van der Waals surface area contributed by atoms with Crippen molar-refractivity contribution in [3.8, 4) is 17.2 Å². The van der Waals surface area contributed by atoms with Gasteiger partial charge in [-0.3, -0.25) is 0 Å². The quantitative estimate of drug-likeness (QED) is 0.795. The predicted molar refractivity (Wildman–Crippen MR) is 88.5 cm³/mol. The van der Waals surface area contributed by atoms with Crippen molar-refractivity contribution in [1.29, 1.82) is 0 Å². The van der Waals surface area contributed by atoms with Gasteiger partial charge < -0.3 is 9.71 Å². The van der Waals surface area contributed by atoms with Crippen LogP contribution in [0.15, 0.2) is 36.5 Å². The number of sulfonamides is 1. The Hall–Kier alpha value is -2.61. The van der Waals surface area contributed by atoms with Gasteiger partial charge in [0.25, 0.3) is 0 Å². The van der Waals surface area contributed by atoms with Crippen molar-refractivity contribution < 1.29 is 8.42 Å². The van der Waals surface area contributed by atoms with Gasteiger partial charge in [-0.2, -0.15) is 5.10 Å². The maximum absolute atomic E-state index is 11.5. The van der Waals surface area contributed by atoms with Crippen LogP contribution in [0.25, 0.3) is 21.9 Å². The Kier molecular flexibility index (Phi) is 3.69. The van der Waals surface area contributed by atoms with Gasteiger partial charge in [0.15, 0.2) is 0 Å². The fourth-order valence-corrected chi connectivity index (χ4v) is 2.87. The first-order valence-electron chi connectivity index (χ1n) is 6.94. The Bertz CT molecular complexity index is 956. The molecule has 0 spiro atoms. The lowest BCUT2D eigenvalue weighted by Gasteiger charge is -2.21. The zero-order chi connectivity index (χ0) is 16.6. The molecule has 0 atom stereocenters. The van der Waals surface area contributed by atoms with E-state index in [1.165, 1.54) is 0 Å². The molecule has 0 unspecified atom stereocenters. The highest BCUT2D eigenvalue weighted by Gasteiger charge is 2.09. The summed E-state index contributed by atoms with van der Waals surface area (Å²) >= 11 is 0. The number of benzene rings is 1. The molecule has 3 rings (SSSR count). The molecule has 23 heavy (non-hydrogen) atoms. The molecule has 0 aliphatic rings. The summed E-state index contributed by atoms with van der Waals surface area (Å²) in [5.41, 5.74) is 3.57. The Morgan fingerprint density at radius 3 is 2.61 bits per heavy atom. The molecule has 2 heterocycles. The van der Waals surface area contributed by atoms with Gasteiger partial charge in [-0.25, -0.2) is 18.1 Å². The van der Waals surface area contributed by atoms with Crippen molar-refractivity contribution in [3.05, 3.63) is 52.6 Å². The summed E-state index contributed by atoms with van der Waals surface area (Å²) in [6.07, 6.45) is 2.71. The maximum Gasteiger partial charge on any atom is 0.228 e. The normalized spacial score (nSPS) is 11.6. The third kappa shape index (κ3) is 3.26. The fourth-order valence-electron chi connectivity index (χ4n) is 2.36. The van der Waals surface area contributed by atoms with Crippen molar-refractivity contribution in [2.45, 2.75) is 13.8 Å². The molecule has 120 valence electrons. The van der Waals surface area contributed by atoms with Crippen LogP contribution in [0.2, 0.25) is 0 Å². The van der Waals surface area contributed by atoms with E-state index in [0.717, 1.165) is 17.6 Å². The molecule has 7 nitrogen and oxygen atoms in total. The van der Waals surface area contributed by atoms with Gasteiger partial charge in [0.2, 0.25) is 5.95 Å². The van der Waals surface area contributed by atoms with Crippen LogP contribution in [-0.4, -0.2) is 34.4 Å². The molecule has 0 amide bonds. The Morgan fingerprint density at radius 1 is 1.22 bits per heavy atom.